The maximum Gasteiger partial charge on any atom is 0.107 e. The predicted octanol–water partition coefficient (Wildman–Crippen LogP) is 3.53. The van der Waals surface area contributed by atoms with E-state index < -0.39 is 6.17 Å². The Hall–Kier alpha value is -0.600. The summed E-state index contributed by atoms with van der Waals surface area (Å²) in [6.45, 7) is 3.87. The summed E-state index contributed by atoms with van der Waals surface area (Å²) in [5.74, 6) is 0.189. The number of hydrogen-bond acceptors (Lipinski definition) is 1. The molecule has 0 bridgehead atoms. The van der Waals surface area contributed by atoms with Gasteiger partial charge in [-0.3, -0.25) is 0 Å². The van der Waals surface area contributed by atoms with E-state index in [2.05, 4.69) is 5.32 Å². The first kappa shape index (κ1) is 12.8. The van der Waals surface area contributed by atoms with Crippen LogP contribution in [0.4, 0.5) is 4.39 Å². The van der Waals surface area contributed by atoms with Gasteiger partial charge in [-0.25, -0.2) is 4.39 Å². The molecule has 0 radical (unpaired) electrons. The van der Waals surface area contributed by atoms with E-state index in [9.17, 15) is 4.39 Å². The van der Waals surface area contributed by atoms with Gasteiger partial charge in [0.05, 0.1) is 0 Å². The highest BCUT2D eigenvalue weighted by Gasteiger charge is 2.23. The summed E-state index contributed by atoms with van der Waals surface area (Å²) >= 11 is 6.13. The van der Waals surface area contributed by atoms with Crippen LogP contribution < -0.4 is 5.32 Å². The second-order valence-corrected chi connectivity index (χ2v) is 5.31. The zero-order valence-electron chi connectivity index (χ0n) is 10.2. The molecule has 1 N–H and O–H groups in total. The Morgan fingerprint density at radius 2 is 2.12 bits per heavy atom. The predicted molar refractivity (Wildman–Crippen MR) is 70.4 cm³/mol. The lowest BCUT2D eigenvalue weighted by Gasteiger charge is -2.26. The number of aryl methyl sites for hydroxylation is 1. The maximum atomic E-state index is 14.2. The van der Waals surface area contributed by atoms with E-state index in [1.165, 1.54) is 0 Å². The number of piperidine rings is 1. The average molecular weight is 256 g/mol. The number of nitrogens with one attached hydrogen (secondary N) is 1. The van der Waals surface area contributed by atoms with Gasteiger partial charge < -0.3 is 5.32 Å². The minimum atomic E-state index is -0.766. The fraction of sp³-hybridized carbons (Fsp3) is 0.571. The van der Waals surface area contributed by atoms with Crippen molar-refractivity contribution in [2.75, 3.05) is 13.1 Å². The van der Waals surface area contributed by atoms with E-state index >= 15 is 0 Å². The molecule has 2 rings (SSSR count). The van der Waals surface area contributed by atoms with E-state index in [1.807, 2.05) is 25.1 Å². The second-order valence-electron chi connectivity index (χ2n) is 4.90. The van der Waals surface area contributed by atoms with Gasteiger partial charge in [-0.15, -0.1) is 0 Å². The Labute approximate surface area is 107 Å². The summed E-state index contributed by atoms with van der Waals surface area (Å²) in [7, 11) is 0. The zero-order valence-corrected chi connectivity index (χ0v) is 10.9. The van der Waals surface area contributed by atoms with Crippen molar-refractivity contribution in [3.63, 3.8) is 0 Å². The highest BCUT2D eigenvalue weighted by atomic mass is 35.5. The molecule has 1 fully saturated rings. The summed E-state index contributed by atoms with van der Waals surface area (Å²) in [5.41, 5.74) is 2.05. The fourth-order valence-corrected chi connectivity index (χ4v) is 2.71. The van der Waals surface area contributed by atoms with Gasteiger partial charge in [0, 0.05) is 11.4 Å². The van der Waals surface area contributed by atoms with E-state index in [1.54, 1.807) is 0 Å². The molecule has 0 spiro atoms. The summed E-state index contributed by atoms with van der Waals surface area (Å²) < 4.78 is 14.2. The van der Waals surface area contributed by atoms with Crippen molar-refractivity contribution in [3.05, 3.63) is 34.3 Å². The van der Waals surface area contributed by atoms with Crippen LogP contribution in [0, 0.1) is 12.8 Å². The van der Waals surface area contributed by atoms with Crippen LogP contribution in [0.1, 0.15) is 24.0 Å². The molecule has 3 heteroatoms. The molecule has 1 saturated heterocycles. The first-order valence-electron chi connectivity index (χ1n) is 6.26. The summed E-state index contributed by atoms with van der Waals surface area (Å²) in [5, 5.41) is 3.96. The van der Waals surface area contributed by atoms with Gasteiger partial charge in [0.2, 0.25) is 0 Å². The van der Waals surface area contributed by atoms with Gasteiger partial charge in [-0.2, -0.15) is 0 Å². The van der Waals surface area contributed by atoms with Crippen LogP contribution in [0.2, 0.25) is 5.02 Å². The van der Waals surface area contributed by atoms with Crippen molar-refractivity contribution in [3.8, 4) is 0 Å². The third-order valence-electron chi connectivity index (χ3n) is 3.52. The maximum absolute atomic E-state index is 14.2. The number of halogens is 2. The molecule has 0 aliphatic carbocycles. The lowest BCUT2D eigenvalue weighted by Crippen LogP contribution is -2.33. The van der Waals surface area contributed by atoms with E-state index in [4.69, 9.17) is 11.6 Å². The molecule has 1 unspecified atom stereocenters. The number of alkyl halides is 1. The van der Waals surface area contributed by atoms with Gasteiger partial charge in [-0.1, -0.05) is 23.7 Å². The molecule has 17 heavy (non-hydrogen) atoms. The third-order valence-corrected chi connectivity index (χ3v) is 3.87. The number of rotatable bonds is 3. The van der Waals surface area contributed by atoms with Crippen LogP contribution in [-0.2, 0) is 6.42 Å². The minimum absolute atomic E-state index is 0.189. The SMILES string of the molecule is Cc1ccc(CC(F)C2CCNCC2)c(Cl)c1. The molecule has 1 aliphatic heterocycles. The molecule has 1 atom stereocenters. The van der Waals surface area contributed by atoms with Crippen LogP contribution in [-0.4, -0.2) is 19.3 Å². The smallest absolute Gasteiger partial charge is 0.107 e. The minimum Gasteiger partial charge on any atom is -0.317 e. The normalized spacial score (nSPS) is 19.2. The molecule has 1 nitrogen and oxygen atoms in total. The molecule has 1 aromatic rings. The largest absolute Gasteiger partial charge is 0.317 e. The summed E-state index contributed by atoms with van der Waals surface area (Å²) in [6.07, 6.45) is 1.55. The molecule has 1 aromatic carbocycles. The Kier molecular flexibility index (Phi) is 4.41. The van der Waals surface area contributed by atoms with Gasteiger partial charge in [0.15, 0.2) is 0 Å². The molecule has 0 saturated carbocycles. The summed E-state index contributed by atoms with van der Waals surface area (Å²) in [4.78, 5) is 0. The van der Waals surface area contributed by atoms with Crippen molar-refractivity contribution in [2.45, 2.75) is 32.4 Å². The topological polar surface area (TPSA) is 12.0 Å². The summed E-state index contributed by atoms with van der Waals surface area (Å²) in [6, 6.07) is 5.85. The molecule has 0 aromatic heterocycles. The first-order valence-corrected chi connectivity index (χ1v) is 6.64. The molecular formula is C14H19ClFN. The highest BCUT2D eigenvalue weighted by molar-refractivity contribution is 6.31. The van der Waals surface area contributed by atoms with E-state index in [0.29, 0.717) is 11.4 Å². The van der Waals surface area contributed by atoms with Crippen LogP contribution in [0.25, 0.3) is 0 Å². The van der Waals surface area contributed by atoms with Crippen LogP contribution >= 0.6 is 11.6 Å². The van der Waals surface area contributed by atoms with E-state index in [-0.39, 0.29) is 5.92 Å². The zero-order chi connectivity index (χ0) is 12.3. The van der Waals surface area contributed by atoms with Crippen LogP contribution in [0.3, 0.4) is 0 Å². The lowest BCUT2D eigenvalue weighted by molar-refractivity contribution is 0.187. The Bertz CT molecular complexity index is 374. The molecule has 0 amide bonds. The Morgan fingerprint density at radius 1 is 1.41 bits per heavy atom. The fourth-order valence-electron chi connectivity index (χ4n) is 2.40. The molecular weight excluding hydrogens is 237 g/mol. The third kappa shape index (κ3) is 3.43. The number of benzene rings is 1. The van der Waals surface area contributed by atoms with Crippen LogP contribution in [0.5, 0.6) is 0 Å². The van der Waals surface area contributed by atoms with Crippen molar-refractivity contribution < 1.29 is 4.39 Å². The van der Waals surface area contributed by atoms with E-state index in [0.717, 1.165) is 37.1 Å². The molecule has 94 valence electrons. The van der Waals surface area contributed by atoms with Crippen molar-refractivity contribution >= 4 is 11.6 Å². The molecule has 1 aliphatic rings. The van der Waals surface area contributed by atoms with Crippen LogP contribution in [0.15, 0.2) is 18.2 Å². The average Bonchev–Trinajstić information content (AvgIpc) is 2.34. The molecule has 1 heterocycles. The van der Waals surface area contributed by atoms with Crippen molar-refractivity contribution in [1.29, 1.82) is 0 Å². The quantitative estimate of drug-likeness (QED) is 0.871. The highest BCUT2D eigenvalue weighted by Crippen LogP contribution is 2.26. The lowest BCUT2D eigenvalue weighted by atomic mass is 9.89. The standard InChI is InChI=1S/C14H19ClFN/c1-10-2-3-12(13(15)8-10)9-14(16)11-4-6-17-7-5-11/h2-3,8,11,14,17H,4-7,9H2,1H3. The van der Waals surface area contributed by atoms with Gasteiger partial charge in [0.25, 0.3) is 0 Å². The Balaban J connectivity index is 1.99. The first-order chi connectivity index (χ1) is 8.16. The Morgan fingerprint density at radius 3 is 2.76 bits per heavy atom. The monoisotopic (exact) mass is 255 g/mol. The second kappa shape index (κ2) is 5.83. The van der Waals surface area contributed by atoms with Crippen molar-refractivity contribution in [1.82, 2.24) is 5.32 Å². The van der Waals surface area contributed by atoms with Gasteiger partial charge in [-0.05, 0) is 56.0 Å². The number of hydrogen-bond donors (Lipinski definition) is 1. The van der Waals surface area contributed by atoms with Gasteiger partial charge >= 0.3 is 0 Å². The van der Waals surface area contributed by atoms with Crippen molar-refractivity contribution in [2.24, 2.45) is 5.92 Å². The van der Waals surface area contributed by atoms with Gasteiger partial charge in [0.1, 0.15) is 6.17 Å².